The quantitative estimate of drug-likeness (QED) is 0.725. The molecule has 0 saturated carbocycles. The number of amides is 2. The molecule has 8 nitrogen and oxygen atoms in total. The third kappa shape index (κ3) is 3.66. The van der Waals surface area contributed by atoms with Gasteiger partial charge in [0.25, 0.3) is 5.91 Å². The maximum Gasteiger partial charge on any atom is 0.254 e. The Morgan fingerprint density at radius 1 is 1.47 bits per heavy atom. The van der Waals surface area contributed by atoms with Crippen molar-refractivity contribution in [3.05, 3.63) is 30.0 Å². The van der Waals surface area contributed by atoms with E-state index < -0.39 is 0 Å². The largest absolute Gasteiger partial charge is 0.472 e. The van der Waals surface area contributed by atoms with Gasteiger partial charge in [-0.05, 0) is 13.0 Å². The van der Waals surface area contributed by atoms with Gasteiger partial charge in [0.15, 0.2) is 0 Å². The first-order chi connectivity index (χ1) is 9.15. The maximum atomic E-state index is 11.5. The van der Waals surface area contributed by atoms with E-state index in [1.165, 1.54) is 12.5 Å². The monoisotopic (exact) mass is 263 g/mol. The molecule has 0 aromatic carbocycles. The SMILES string of the molecule is Cc1nc(NC(=O)CCNC(=O)c2ccoc2)n[nH]1. The van der Waals surface area contributed by atoms with Gasteiger partial charge in [0.05, 0.1) is 11.8 Å². The molecule has 0 unspecified atom stereocenters. The van der Waals surface area contributed by atoms with Crippen molar-refractivity contribution < 1.29 is 14.0 Å². The highest BCUT2D eigenvalue weighted by atomic mass is 16.3. The summed E-state index contributed by atoms with van der Waals surface area (Å²) in [6, 6.07) is 1.55. The smallest absolute Gasteiger partial charge is 0.254 e. The minimum absolute atomic E-state index is 0.136. The fraction of sp³-hybridized carbons (Fsp3) is 0.273. The van der Waals surface area contributed by atoms with E-state index in [1.807, 2.05) is 0 Å². The van der Waals surface area contributed by atoms with Gasteiger partial charge in [0.1, 0.15) is 12.1 Å². The van der Waals surface area contributed by atoms with Crippen LogP contribution in [0.4, 0.5) is 5.95 Å². The van der Waals surface area contributed by atoms with Gasteiger partial charge in [-0.2, -0.15) is 4.98 Å². The van der Waals surface area contributed by atoms with Crippen LogP contribution in [0, 0.1) is 6.92 Å². The number of carbonyl (C=O) groups is 2. The molecule has 2 aromatic heterocycles. The second-order valence-electron chi connectivity index (χ2n) is 3.81. The summed E-state index contributed by atoms with van der Waals surface area (Å²) in [4.78, 5) is 27.0. The number of aryl methyl sites for hydroxylation is 1. The van der Waals surface area contributed by atoms with Crippen molar-refractivity contribution in [2.24, 2.45) is 0 Å². The molecule has 8 heteroatoms. The van der Waals surface area contributed by atoms with Crippen molar-refractivity contribution in [2.45, 2.75) is 13.3 Å². The lowest BCUT2D eigenvalue weighted by molar-refractivity contribution is -0.116. The van der Waals surface area contributed by atoms with E-state index in [9.17, 15) is 9.59 Å². The van der Waals surface area contributed by atoms with E-state index >= 15 is 0 Å². The summed E-state index contributed by atoms with van der Waals surface area (Å²) in [6.45, 7) is 1.95. The number of H-pyrrole nitrogens is 1. The van der Waals surface area contributed by atoms with Crippen LogP contribution >= 0.6 is 0 Å². The lowest BCUT2D eigenvalue weighted by Gasteiger charge is -2.03. The predicted octanol–water partition coefficient (Wildman–Crippen LogP) is 0.465. The standard InChI is InChI=1S/C11H13N5O3/c1-7-13-11(16-15-7)14-9(17)2-4-12-10(18)8-3-5-19-6-8/h3,5-6H,2,4H2,1H3,(H,12,18)(H2,13,14,15,16,17). The zero-order chi connectivity index (χ0) is 13.7. The van der Waals surface area contributed by atoms with Gasteiger partial charge in [-0.25, -0.2) is 0 Å². The van der Waals surface area contributed by atoms with Crippen molar-refractivity contribution in [3.63, 3.8) is 0 Å². The molecule has 0 atom stereocenters. The fourth-order valence-electron chi connectivity index (χ4n) is 1.37. The molecular weight excluding hydrogens is 250 g/mol. The fourth-order valence-corrected chi connectivity index (χ4v) is 1.37. The number of nitrogens with zero attached hydrogens (tertiary/aromatic N) is 2. The second-order valence-corrected chi connectivity index (χ2v) is 3.81. The Labute approximate surface area is 108 Å². The number of hydrogen-bond donors (Lipinski definition) is 3. The zero-order valence-electron chi connectivity index (χ0n) is 10.3. The molecule has 3 N–H and O–H groups in total. The van der Waals surface area contributed by atoms with Crippen LogP contribution in [0.3, 0.4) is 0 Å². The molecule has 0 spiro atoms. The molecule has 0 fully saturated rings. The van der Waals surface area contributed by atoms with Gasteiger partial charge in [-0.3, -0.25) is 20.0 Å². The van der Waals surface area contributed by atoms with Crippen molar-refractivity contribution in [2.75, 3.05) is 11.9 Å². The number of carbonyl (C=O) groups excluding carboxylic acids is 2. The lowest BCUT2D eigenvalue weighted by atomic mass is 10.3. The summed E-state index contributed by atoms with van der Waals surface area (Å²) in [7, 11) is 0. The van der Waals surface area contributed by atoms with Crippen molar-refractivity contribution in [3.8, 4) is 0 Å². The molecule has 2 rings (SSSR count). The first-order valence-corrected chi connectivity index (χ1v) is 5.64. The van der Waals surface area contributed by atoms with Crippen LogP contribution in [0.1, 0.15) is 22.6 Å². The molecule has 0 aliphatic heterocycles. The van der Waals surface area contributed by atoms with Gasteiger partial charge in [0, 0.05) is 13.0 Å². The van der Waals surface area contributed by atoms with Gasteiger partial charge in [-0.1, -0.05) is 0 Å². The summed E-state index contributed by atoms with van der Waals surface area (Å²) in [5, 5.41) is 11.5. The van der Waals surface area contributed by atoms with Crippen LogP contribution in [0.2, 0.25) is 0 Å². The molecular formula is C11H13N5O3. The number of rotatable bonds is 5. The maximum absolute atomic E-state index is 11.5. The number of hydrogen-bond acceptors (Lipinski definition) is 5. The van der Waals surface area contributed by atoms with Crippen molar-refractivity contribution in [1.29, 1.82) is 0 Å². The summed E-state index contributed by atoms with van der Waals surface area (Å²) >= 11 is 0. The minimum atomic E-state index is -0.282. The average molecular weight is 263 g/mol. The Morgan fingerprint density at radius 3 is 2.95 bits per heavy atom. The average Bonchev–Trinajstić information content (AvgIpc) is 3.00. The van der Waals surface area contributed by atoms with Crippen LogP contribution in [0.5, 0.6) is 0 Å². The zero-order valence-corrected chi connectivity index (χ0v) is 10.3. The molecule has 0 saturated heterocycles. The van der Waals surface area contributed by atoms with E-state index in [-0.39, 0.29) is 30.7 Å². The van der Waals surface area contributed by atoms with Gasteiger partial charge >= 0.3 is 0 Å². The molecule has 100 valence electrons. The van der Waals surface area contributed by atoms with Crippen LogP contribution in [0.15, 0.2) is 23.0 Å². The number of anilines is 1. The van der Waals surface area contributed by atoms with E-state index in [0.29, 0.717) is 11.4 Å². The number of nitrogens with one attached hydrogen (secondary N) is 3. The van der Waals surface area contributed by atoms with E-state index in [2.05, 4.69) is 25.8 Å². The summed E-state index contributed by atoms with van der Waals surface area (Å²) in [6.07, 6.45) is 2.89. The second kappa shape index (κ2) is 5.80. The number of aromatic nitrogens is 3. The van der Waals surface area contributed by atoms with E-state index in [1.54, 1.807) is 13.0 Å². The lowest BCUT2D eigenvalue weighted by Crippen LogP contribution is -2.27. The van der Waals surface area contributed by atoms with Crippen LogP contribution in [-0.2, 0) is 4.79 Å². The Balaban J connectivity index is 1.71. The number of aromatic amines is 1. The Morgan fingerprint density at radius 2 is 2.32 bits per heavy atom. The van der Waals surface area contributed by atoms with Gasteiger partial charge < -0.3 is 9.73 Å². The molecule has 2 aromatic rings. The molecule has 19 heavy (non-hydrogen) atoms. The molecule has 0 aliphatic rings. The van der Waals surface area contributed by atoms with Crippen molar-refractivity contribution >= 4 is 17.8 Å². The Bertz CT molecular complexity index is 561. The van der Waals surface area contributed by atoms with Gasteiger partial charge in [-0.15, -0.1) is 5.10 Å². The summed E-state index contributed by atoms with van der Waals surface area (Å²) in [5.41, 5.74) is 0.421. The van der Waals surface area contributed by atoms with Crippen LogP contribution in [-0.4, -0.2) is 33.5 Å². The highest BCUT2D eigenvalue weighted by molar-refractivity contribution is 5.94. The first-order valence-electron chi connectivity index (χ1n) is 5.64. The van der Waals surface area contributed by atoms with E-state index in [0.717, 1.165) is 0 Å². The van der Waals surface area contributed by atoms with Gasteiger partial charge in [0.2, 0.25) is 11.9 Å². The third-order valence-electron chi connectivity index (χ3n) is 2.27. The van der Waals surface area contributed by atoms with Crippen LogP contribution < -0.4 is 10.6 Å². The first kappa shape index (κ1) is 12.8. The molecule has 2 amide bonds. The molecule has 2 heterocycles. The summed E-state index contributed by atoms with van der Waals surface area (Å²) in [5.74, 6) is 0.286. The van der Waals surface area contributed by atoms with Crippen LogP contribution in [0.25, 0.3) is 0 Å². The van der Waals surface area contributed by atoms with E-state index in [4.69, 9.17) is 4.42 Å². The molecule has 0 aliphatic carbocycles. The minimum Gasteiger partial charge on any atom is -0.472 e. The Hall–Kier alpha value is -2.64. The predicted molar refractivity (Wildman–Crippen MR) is 65.4 cm³/mol. The molecule has 0 radical (unpaired) electrons. The highest BCUT2D eigenvalue weighted by Gasteiger charge is 2.09. The van der Waals surface area contributed by atoms with Crippen molar-refractivity contribution in [1.82, 2.24) is 20.5 Å². The number of furan rings is 1. The summed E-state index contributed by atoms with van der Waals surface area (Å²) < 4.78 is 4.78. The third-order valence-corrected chi connectivity index (χ3v) is 2.27. The highest BCUT2D eigenvalue weighted by Crippen LogP contribution is 2.00. The topological polar surface area (TPSA) is 113 Å². The molecule has 0 bridgehead atoms. The Kier molecular flexibility index (Phi) is 3.91. The normalized spacial score (nSPS) is 10.2.